The molecule has 2 aromatic carbocycles. The molecule has 0 bridgehead atoms. The van der Waals surface area contributed by atoms with Crippen molar-refractivity contribution < 1.29 is 19.1 Å². The lowest BCUT2D eigenvalue weighted by molar-refractivity contribution is 0.104. The molecule has 2 N–H and O–H groups in total. The maximum atomic E-state index is 12.0. The topological polar surface area (TPSA) is 76.7 Å². The molecule has 6 nitrogen and oxygen atoms in total. The third-order valence-electron chi connectivity index (χ3n) is 2.97. The largest absolute Gasteiger partial charge is 0.513 e. The van der Waals surface area contributed by atoms with Gasteiger partial charge in [0.1, 0.15) is 5.75 Å². The summed E-state index contributed by atoms with van der Waals surface area (Å²) in [5, 5.41) is 5.47. The molecule has 0 spiro atoms. The zero-order valence-electron chi connectivity index (χ0n) is 13.0. The molecule has 0 unspecified atom stereocenters. The van der Waals surface area contributed by atoms with E-state index in [1.165, 1.54) is 0 Å². The molecule has 0 aliphatic rings. The highest BCUT2D eigenvalue weighted by Crippen LogP contribution is 2.17. The number of ether oxygens (including phenoxy) is 2. The highest BCUT2D eigenvalue weighted by Gasteiger charge is 2.07. The summed E-state index contributed by atoms with van der Waals surface area (Å²) in [4.78, 5) is 23.1. The van der Waals surface area contributed by atoms with E-state index in [9.17, 15) is 9.59 Å². The molecule has 0 radical (unpaired) electrons. The van der Waals surface area contributed by atoms with Gasteiger partial charge in [-0.1, -0.05) is 18.2 Å². The molecule has 6 heteroatoms. The van der Waals surface area contributed by atoms with Gasteiger partial charge in [-0.05, 0) is 49.7 Å². The summed E-state index contributed by atoms with van der Waals surface area (Å²) in [6, 6.07) is 13.5. The van der Waals surface area contributed by atoms with Crippen LogP contribution < -0.4 is 15.4 Å². The summed E-state index contributed by atoms with van der Waals surface area (Å²) >= 11 is 0. The Kier molecular flexibility index (Phi) is 5.57. The van der Waals surface area contributed by atoms with Crippen molar-refractivity contribution in [1.29, 1.82) is 0 Å². The van der Waals surface area contributed by atoms with Crippen LogP contribution in [0.1, 0.15) is 12.5 Å². The van der Waals surface area contributed by atoms with Gasteiger partial charge < -0.3 is 20.1 Å². The lowest BCUT2D eigenvalue weighted by atomic mass is 10.2. The molecule has 0 saturated carbocycles. The summed E-state index contributed by atoms with van der Waals surface area (Å²) < 4.78 is 9.61. The minimum absolute atomic E-state index is 0.248. The number of anilines is 2. The van der Waals surface area contributed by atoms with Crippen LogP contribution in [0.2, 0.25) is 0 Å². The molecule has 0 saturated heterocycles. The zero-order chi connectivity index (χ0) is 16.7. The summed E-state index contributed by atoms with van der Waals surface area (Å²) in [6.07, 6.45) is -0.759. The fourth-order valence-electron chi connectivity index (χ4n) is 1.85. The van der Waals surface area contributed by atoms with Gasteiger partial charge in [-0.3, -0.25) is 0 Å². The molecule has 2 amide bonds. The normalized spacial score (nSPS) is 9.83. The molecule has 0 aliphatic carbocycles. The number of benzene rings is 2. The van der Waals surface area contributed by atoms with E-state index in [4.69, 9.17) is 4.74 Å². The van der Waals surface area contributed by atoms with E-state index in [1.54, 1.807) is 31.2 Å². The van der Waals surface area contributed by atoms with Gasteiger partial charge in [0.05, 0.1) is 6.61 Å². The van der Waals surface area contributed by atoms with Crippen LogP contribution in [-0.2, 0) is 4.74 Å². The number of para-hydroxylation sites is 1. The van der Waals surface area contributed by atoms with Crippen LogP contribution in [-0.4, -0.2) is 18.8 Å². The van der Waals surface area contributed by atoms with Gasteiger partial charge in [-0.2, -0.15) is 0 Å². The van der Waals surface area contributed by atoms with Crippen molar-refractivity contribution in [2.24, 2.45) is 0 Å². The monoisotopic (exact) mass is 314 g/mol. The Labute approximate surface area is 134 Å². The third-order valence-corrected chi connectivity index (χ3v) is 2.97. The first-order chi connectivity index (χ1) is 11.1. The lowest BCUT2D eigenvalue weighted by Crippen LogP contribution is -2.19. The van der Waals surface area contributed by atoms with E-state index in [1.807, 2.05) is 31.2 Å². The van der Waals surface area contributed by atoms with Crippen LogP contribution in [0.25, 0.3) is 0 Å². The fourth-order valence-corrected chi connectivity index (χ4v) is 1.85. The van der Waals surface area contributed by atoms with Crippen molar-refractivity contribution >= 4 is 23.6 Å². The molecule has 0 aliphatic heterocycles. The SMILES string of the molecule is CCOC(=O)Oc1ccc(NC(=O)Nc2ccccc2C)cc1. The highest BCUT2D eigenvalue weighted by atomic mass is 16.7. The first-order valence-electron chi connectivity index (χ1n) is 7.17. The second-order valence-corrected chi connectivity index (χ2v) is 4.70. The predicted octanol–water partition coefficient (Wildman–Crippen LogP) is 4.17. The van der Waals surface area contributed by atoms with Gasteiger partial charge in [-0.15, -0.1) is 0 Å². The predicted molar refractivity (Wildman–Crippen MR) is 87.9 cm³/mol. The minimum Gasteiger partial charge on any atom is -0.434 e. The molecular formula is C17H18N2O4. The summed E-state index contributed by atoms with van der Waals surface area (Å²) in [5.41, 5.74) is 2.29. The fraction of sp³-hybridized carbons (Fsp3) is 0.176. The Hall–Kier alpha value is -3.02. The molecule has 0 heterocycles. The van der Waals surface area contributed by atoms with E-state index in [0.717, 1.165) is 11.3 Å². The number of rotatable bonds is 4. The molecule has 120 valence electrons. The first kappa shape index (κ1) is 16.4. The van der Waals surface area contributed by atoms with Crippen LogP contribution >= 0.6 is 0 Å². The van der Waals surface area contributed by atoms with E-state index in [0.29, 0.717) is 11.4 Å². The molecule has 0 fully saturated rings. The van der Waals surface area contributed by atoms with E-state index < -0.39 is 6.16 Å². The first-order valence-corrected chi connectivity index (χ1v) is 7.17. The van der Waals surface area contributed by atoms with Crippen molar-refractivity contribution in [3.05, 3.63) is 54.1 Å². The summed E-state index contributed by atoms with van der Waals surface area (Å²) in [6.45, 7) is 3.86. The quantitative estimate of drug-likeness (QED) is 0.656. The van der Waals surface area contributed by atoms with Gasteiger partial charge in [0.15, 0.2) is 0 Å². The average Bonchev–Trinajstić information content (AvgIpc) is 2.52. The number of urea groups is 1. The lowest BCUT2D eigenvalue weighted by Gasteiger charge is -2.10. The van der Waals surface area contributed by atoms with Crippen molar-refractivity contribution in [2.75, 3.05) is 17.2 Å². The van der Waals surface area contributed by atoms with Crippen molar-refractivity contribution in [3.63, 3.8) is 0 Å². The van der Waals surface area contributed by atoms with Crippen LogP contribution in [0.3, 0.4) is 0 Å². The Balaban J connectivity index is 1.91. The average molecular weight is 314 g/mol. The maximum Gasteiger partial charge on any atom is 0.513 e. The maximum absolute atomic E-state index is 12.0. The number of hydrogen-bond acceptors (Lipinski definition) is 4. The number of hydrogen-bond donors (Lipinski definition) is 2. The highest BCUT2D eigenvalue weighted by molar-refractivity contribution is 6.00. The molecule has 0 aromatic heterocycles. The number of nitrogens with one attached hydrogen (secondary N) is 2. The van der Waals surface area contributed by atoms with Gasteiger partial charge in [0.25, 0.3) is 0 Å². The van der Waals surface area contributed by atoms with Crippen molar-refractivity contribution in [3.8, 4) is 5.75 Å². The smallest absolute Gasteiger partial charge is 0.434 e. The molecule has 2 rings (SSSR count). The van der Waals surface area contributed by atoms with Gasteiger partial charge in [0.2, 0.25) is 0 Å². The second-order valence-electron chi connectivity index (χ2n) is 4.70. The number of carbonyl (C=O) groups excluding carboxylic acids is 2. The van der Waals surface area contributed by atoms with E-state index in [-0.39, 0.29) is 12.6 Å². The van der Waals surface area contributed by atoms with Crippen LogP contribution in [0, 0.1) is 6.92 Å². The van der Waals surface area contributed by atoms with Gasteiger partial charge in [0, 0.05) is 11.4 Å². The Morgan fingerprint density at radius 2 is 1.70 bits per heavy atom. The van der Waals surface area contributed by atoms with E-state index in [2.05, 4.69) is 15.4 Å². The number of amides is 2. The second kappa shape index (κ2) is 7.84. The van der Waals surface area contributed by atoms with Crippen LogP contribution in [0.5, 0.6) is 5.75 Å². The minimum atomic E-state index is -0.759. The van der Waals surface area contributed by atoms with Gasteiger partial charge in [-0.25, -0.2) is 9.59 Å². The summed E-state index contributed by atoms with van der Waals surface area (Å²) in [5.74, 6) is 0.341. The molecule has 2 aromatic rings. The third kappa shape index (κ3) is 5.03. The number of aryl methyl sites for hydroxylation is 1. The van der Waals surface area contributed by atoms with Gasteiger partial charge >= 0.3 is 12.2 Å². The molecular weight excluding hydrogens is 296 g/mol. The summed E-state index contributed by atoms with van der Waals surface area (Å²) in [7, 11) is 0. The molecule has 0 atom stereocenters. The standard InChI is InChI=1S/C17H18N2O4/c1-3-22-17(21)23-14-10-8-13(9-11-14)18-16(20)19-15-7-5-4-6-12(15)2/h4-11H,3H2,1-2H3,(H2,18,19,20). The zero-order valence-corrected chi connectivity index (χ0v) is 13.0. The number of carbonyl (C=O) groups is 2. The van der Waals surface area contributed by atoms with E-state index >= 15 is 0 Å². The Bertz CT molecular complexity index is 683. The van der Waals surface area contributed by atoms with Crippen molar-refractivity contribution in [1.82, 2.24) is 0 Å². The van der Waals surface area contributed by atoms with Crippen molar-refractivity contribution in [2.45, 2.75) is 13.8 Å². The van der Waals surface area contributed by atoms with Crippen LogP contribution in [0.15, 0.2) is 48.5 Å². The molecule has 23 heavy (non-hydrogen) atoms. The van der Waals surface area contributed by atoms with Crippen LogP contribution in [0.4, 0.5) is 21.0 Å². The Morgan fingerprint density at radius 1 is 1.00 bits per heavy atom. The Morgan fingerprint density at radius 3 is 2.35 bits per heavy atom.